The highest BCUT2D eigenvalue weighted by atomic mass is 19.4. The molecule has 0 aromatic heterocycles. The molecule has 1 aliphatic heterocycles. The van der Waals surface area contributed by atoms with Crippen molar-refractivity contribution >= 4 is 5.91 Å². The van der Waals surface area contributed by atoms with Crippen molar-refractivity contribution < 1.29 is 27.1 Å². The minimum absolute atomic E-state index is 0.101. The highest BCUT2D eigenvalue weighted by molar-refractivity contribution is 5.94. The van der Waals surface area contributed by atoms with E-state index in [4.69, 9.17) is 4.74 Å². The van der Waals surface area contributed by atoms with Crippen molar-refractivity contribution in [2.75, 3.05) is 26.7 Å². The number of likely N-dealkylation sites (tertiary alicyclic amines) is 1. The molecule has 4 nitrogen and oxygen atoms in total. The first-order valence-electron chi connectivity index (χ1n) is 12.6. The second kappa shape index (κ2) is 11.6. The third-order valence-electron chi connectivity index (χ3n) is 7.11. The van der Waals surface area contributed by atoms with Crippen molar-refractivity contribution in [3.05, 3.63) is 101 Å². The lowest BCUT2D eigenvalue weighted by Crippen LogP contribution is -2.42. The van der Waals surface area contributed by atoms with Crippen LogP contribution in [0.3, 0.4) is 0 Å². The van der Waals surface area contributed by atoms with Crippen LogP contribution in [0, 0.1) is 11.7 Å². The summed E-state index contributed by atoms with van der Waals surface area (Å²) < 4.78 is 59.4. The van der Waals surface area contributed by atoms with Gasteiger partial charge in [-0.3, -0.25) is 9.69 Å². The van der Waals surface area contributed by atoms with E-state index in [2.05, 4.69) is 4.90 Å². The monoisotopic (exact) mass is 528 g/mol. The molecule has 0 radical (unpaired) electrons. The van der Waals surface area contributed by atoms with Gasteiger partial charge in [-0.2, -0.15) is 13.2 Å². The normalized spacial score (nSPS) is 18.1. The molecular weight excluding hydrogens is 496 g/mol. The second-order valence-corrected chi connectivity index (χ2v) is 10.1. The first-order valence-corrected chi connectivity index (χ1v) is 12.6. The van der Waals surface area contributed by atoms with Crippen molar-refractivity contribution in [1.82, 2.24) is 9.80 Å². The van der Waals surface area contributed by atoms with Crippen molar-refractivity contribution in [1.29, 1.82) is 0 Å². The lowest BCUT2D eigenvalue weighted by Gasteiger charge is -2.32. The molecule has 202 valence electrons. The molecule has 38 heavy (non-hydrogen) atoms. The fraction of sp³-hybridized carbons (Fsp3) is 0.367. The maximum atomic E-state index is 13.5. The predicted molar refractivity (Wildman–Crippen MR) is 139 cm³/mol. The minimum Gasteiger partial charge on any atom is -0.497 e. The zero-order valence-corrected chi connectivity index (χ0v) is 21.7. The Balaban J connectivity index is 1.63. The first kappa shape index (κ1) is 27.6. The fourth-order valence-electron chi connectivity index (χ4n) is 5.17. The number of halogens is 4. The molecule has 1 fully saturated rings. The topological polar surface area (TPSA) is 32.8 Å². The molecular formula is C30H32F4N2O2. The number of benzene rings is 3. The van der Waals surface area contributed by atoms with Gasteiger partial charge in [0, 0.05) is 43.7 Å². The van der Waals surface area contributed by atoms with Gasteiger partial charge in [0.15, 0.2) is 0 Å². The molecule has 4 rings (SSSR count). The van der Waals surface area contributed by atoms with Gasteiger partial charge in [-0.15, -0.1) is 0 Å². The summed E-state index contributed by atoms with van der Waals surface area (Å²) in [4.78, 5) is 17.3. The quantitative estimate of drug-likeness (QED) is 0.308. The number of hydrogen-bond donors (Lipinski definition) is 0. The van der Waals surface area contributed by atoms with Crippen LogP contribution in [-0.2, 0) is 12.7 Å². The summed E-state index contributed by atoms with van der Waals surface area (Å²) in [5.41, 5.74) is 1.34. The zero-order chi connectivity index (χ0) is 27.4. The van der Waals surface area contributed by atoms with Crippen LogP contribution in [0.25, 0.3) is 0 Å². The van der Waals surface area contributed by atoms with Gasteiger partial charge in [-0.25, -0.2) is 4.39 Å². The number of methoxy groups -OCH3 is 1. The van der Waals surface area contributed by atoms with Gasteiger partial charge in [0.2, 0.25) is 0 Å². The molecule has 1 aliphatic rings. The number of carbonyl (C=O) groups excluding carboxylic acids is 1. The van der Waals surface area contributed by atoms with Gasteiger partial charge in [0.25, 0.3) is 5.91 Å². The van der Waals surface area contributed by atoms with Crippen molar-refractivity contribution in [3.8, 4) is 5.75 Å². The highest BCUT2D eigenvalue weighted by Gasteiger charge is 2.38. The molecule has 1 saturated heterocycles. The van der Waals surface area contributed by atoms with Crippen LogP contribution in [0.15, 0.2) is 72.8 Å². The number of rotatable bonds is 8. The Hall–Kier alpha value is -3.39. The second-order valence-electron chi connectivity index (χ2n) is 10.1. The Labute approximate surface area is 220 Å². The van der Waals surface area contributed by atoms with Crippen molar-refractivity contribution in [2.45, 2.75) is 38.5 Å². The van der Waals surface area contributed by atoms with Gasteiger partial charge in [0.1, 0.15) is 11.6 Å². The Morgan fingerprint density at radius 1 is 1.03 bits per heavy atom. The van der Waals surface area contributed by atoms with E-state index in [0.29, 0.717) is 37.3 Å². The van der Waals surface area contributed by atoms with E-state index in [9.17, 15) is 22.4 Å². The number of alkyl halides is 3. The molecule has 8 heteroatoms. The molecule has 0 aliphatic carbocycles. The lowest BCUT2D eigenvalue weighted by molar-refractivity contribution is -0.137. The minimum atomic E-state index is -4.44. The third kappa shape index (κ3) is 6.54. The van der Waals surface area contributed by atoms with E-state index < -0.39 is 17.6 Å². The maximum absolute atomic E-state index is 13.5. The van der Waals surface area contributed by atoms with E-state index in [1.165, 1.54) is 36.4 Å². The molecule has 1 amide bonds. The third-order valence-corrected chi connectivity index (χ3v) is 7.11. The van der Waals surface area contributed by atoms with E-state index in [0.717, 1.165) is 17.4 Å². The molecule has 0 spiro atoms. The number of hydrogen-bond acceptors (Lipinski definition) is 3. The summed E-state index contributed by atoms with van der Waals surface area (Å²) in [6.45, 7) is 5.95. The summed E-state index contributed by atoms with van der Waals surface area (Å²) in [5, 5.41) is 0. The summed E-state index contributed by atoms with van der Waals surface area (Å²) in [5.74, 6) is -0.218. The van der Waals surface area contributed by atoms with Crippen molar-refractivity contribution in [2.24, 2.45) is 5.92 Å². The number of nitrogens with zero attached hydrogens (tertiary/aromatic N) is 2. The average molecular weight is 529 g/mol. The summed E-state index contributed by atoms with van der Waals surface area (Å²) in [6.07, 6.45) is -4.44. The molecule has 0 bridgehead atoms. The summed E-state index contributed by atoms with van der Waals surface area (Å²) >= 11 is 0. The first-order chi connectivity index (χ1) is 18.0. The number of amides is 1. The zero-order valence-electron chi connectivity index (χ0n) is 21.7. The van der Waals surface area contributed by atoms with Crippen LogP contribution in [0.4, 0.5) is 17.6 Å². The molecule has 2 unspecified atom stereocenters. The molecule has 0 N–H and O–H groups in total. The van der Waals surface area contributed by atoms with Gasteiger partial charge in [0.05, 0.1) is 12.7 Å². The summed E-state index contributed by atoms with van der Waals surface area (Å²) in [7, 11) is 1.60. The highest BCUT2D eigenvalue weighted by Crippen LogP contribution is 2.38. The van der Waals surface area contributed by atoms with Gasteiger partial charge in [-0.05, 0) is 73.4 Å². The van der Waals surface area contributed by atoms with Crippen molar-refractivity contribution in [3.63, 3.8) is 0 Å². The Morgan fingerprint density at radius 3 is 2.39 bits per heavy atom. The van der Waals surface area contributed by atoms with Crippen LogP contribution in [-0.4, -0.2) is 48.5 Å². The largest absolute Gasteiger partial charge is 0.497 e. The van der Waals surface area contributed by atoms with E-state index in [1.54, 1.807) is 18.1 Å². The van der Waals surface area contributed by atoms with Crippen LogP contribution in [0.1, 0.15) is 46.8 Å². The Bertz CT molecular complexity index is 1240. The van der Waals surface area contributed by atoms with E-state index in [1.807, 2.05) is 38.1 Å². The molecule has 1 heterocycles. The van der Waals surface area contributed by atoms with Crippen LogP contribution < -0.4 is 4.74 Å². The number of carbonyl (C=O) groups is 1. The average Bonchev–Trinajstić information content (AvgIpc) is 3.29. The van der Waals surface area contributed by atoms with Crippen LogP contribution in [0.2, 0.25) is 0 Å². The maximum Gasteiger partial charge on any atom is 0.416 e. The number of ether oxygens (including phenoxy) is 1. The smallest absolute Gasteiger partial charge is 0.416 e. The molecule has 3 aromatic carbocycles. The van der Waals surface area contributed by atoms with Crippen LogP contribution >= 0.6 is 0 Å². The van der Waals surface area contributed by atoms with Gasteiger partial charge in [-0.1, -0.05) is 30.3 Å². The SMILES string of the molecule is COc1cccc(CN2CC(CN(C(=O)c3ccc(F)cc3)C(C)C)C(c3cccc(C(F)(F)F)c3)C2)c1. The Morgan fingerprint density at radius 2 is 1.74 bits per heavy atom. The van der Waals surface area contributed by atoms with Gasteiger partial charge >= 0.3 is 6.18 Å². The van der Waals surface area contributed by atoms with E-state index >= 15 is 0 Å². The summed E-state index contributed by atoms with van der Waals surface area (Å²) in [6, 6.07) is 18.5. The lowest BCUT2D eigenvalue weighted by atomic mass is 9.87. The van der Waals surface area contributed by atoms with Gasteiger partial charge < -0.3 is 9.64 Å². The molecule has 0 saturated carbocycles. The van der Waals surface area contributed by atoms with Crippen LogP contribution in [0.5, 0.6) is 5.75 Å². The predicted octanol–water partition coefficient (Wildman–Crippen LogP) is 6.62. The Kier molecular flexibility index (Phi) is 8.41. The molecule has 2 atom stereocenters. The standard InChI is InChI=1S/C30H32F4N2O2/c1-20(2)36(29(37)22-10-12-26(31)13-11-22)18-24-17-35(16-21-6-4-9-27(14-21)38-3)19-28(24)23-7-5-8-25(15-23)30(32,33)34/h4-15,20,24,28H,16-19H2,1-3H3. The molecule has 3 aromatic rings. The fourth-order valence-corrected chi connectivity index (χ4v) is 5.17. The van der Waals surface area contributed by atoms with E-state index in [-0.39, 0.29) is 23.8 Å².